The summed E-state index contributed by atoms with van der Waals surface area (Å²) < 4.78 is 0. The molecule has 2 rings (SSSR count). The Morgan fingerprint density at radius 2 is 1.88 bits per heavy atom. The summed E-state index contributed by atoms with van der Waals surface area (Å²) in [6, 6.07) is 13.0. The number of benzene rings is 1. The monoisotopic (exact) mass is 244 g/mol. The molecule has 0 aliphatic rings. The SMILES string of the molecule is Cc1ccc(SCC(=O)c2ccccc2)nn1. The summed E-state index contributed by atoms with van der Waals surface area (Å²) in [7, 11) is 0. The van der Waals surface area contributed by atoms with Gasteiger partial charge in [-0.1, -0.05) is 42.1 Å². The van der Waals surface area contributed by atoms with Gasteiger partial charge in [-0.2, -0.15) is 5.10 Å². The molecule has 4 heteroatoms. The van der Waals surface area contributed by atoms with Gasteiger partial charge in [0.05, 0.1) is 11.4 Å². The molecule has 0 bridgehead atoms. The number of aryl methyl sites for hydroxylation is 1. The van der Waals surface area contributed by atoms with Crippen molar-refractivity contribution >= 4 is 17.5 Å². The maximum Gasteiger partial charge on any atom is 0.173 e. The molecule has 3 nitrogen and oxygen atoms in total. The smallest absolute Gasteiger partial charge is 0.173 e. The summed E-state index contributed by atoms with van der Waals surface area (Å²) >= 11 is 1.41. The van der Waals surface area contributed by atoms with E-state index in [1.165, 1.54) is 11.8 Å². The Balaban J connectivity index is 1.95. The first-order valence-electron chi connectivity index (χ1n) is 5.27. The molecule has 0 spiro atoms. The van der Waals surface area contributed by atoms with Crippen LogP contribution in [0, 0.1) is 6.92 Å². The van der Waals surface area contributed by atoms with E-state index in [1.54, 1.807) is 0 Å². The lowest BCUT2D eigenvalue weighted by atomic mass is 10.2. The number of ketones is 1. The predicted octanol–water partition coefficient (Wildman–Crippen LogP) is 2.76. The molecule has 2 aromatic rings. The zero-order valence-corrected chi connectivity index (χ0v) is 10.3. The third-order valence-corrected chi connectivity index (χ3v) is 3.14. The average molecular weight is 244 g/mol. The summed E-state index contributed by atoms with van der Waals surface area (Å²) in [6.45, 7) is 1.89. The highest BCUT2D eigenvalue weighted by atomic mass is 32.2. The molecule has 0 aliphatic heterocycles. The average Bonchev–Trinajstić information content (AvgIpc) is 2.39. The van der Waals surface area contributed by atoms with Crippen molar-refractivity contribution in [3.8, 4) is 0 Å². The number of nitrogens with zero attached hydrogens (tertiary/aromatic N) is 2. The summed E-state index contributed by atoms with van der Waals surface area (Å²) in [4.78, 5) is 11.8. The Labute approximate surface area is 104 Å². The zero-order valence-electron chi connectivity index (χ0n) is 9.46. The number of hydrogen-bond donors (Lipinski definition) is 0. The van der Waals surface area contributed by atoms with Crippen LogP contribution in [0.1, 0.15) is 16.1 Å². The second-order valence-electron chi connectivity index (χ2n) is 3.59. The lowest BCUT2D eigenvalue weighted by molar-refractivity contribution is 0.102. The van der Waals surface area contributed by atoms with E-state index in [4.69, 9.17) is 0 Å². The van der Waals surface area contributed by atoms with Crippen LogP contribution in [-0.2, 0) is 0 Å². The Bertz CT molecular complexity index is 497. The van der Waals surface area contributed by atoms with Gasteiger partial charge in [0.1, 0.15) is 5.03 Å². The van der Waals surface area contributed by atoms with E-state index in [9.17, 15) is 4.79 Å². The van der Waals surface area contributed by atoms with E-state index in [0.29, 0.717) is 5.75 Å². The van der Waals surface area contributed by atoms with Gasteiger partial charge in [-0.05, 0) is 19.1 Å². The summed E-state index contributed by atoms with van der Waals surface area (Å²) in [5.41, 5.74) is 1.61. The van der Waals surface area contributed by atoms with Crippen molar-refractivity contribution < 1.29 is 4.79 Å². The number of carbonyl (C=O) groups is 1. The maximum atomic E-state index is 11.8. The van der Waals surface area contributed by atoms with Gasteiger partial charge in [0.15, 0.2) is 5.78 Å². The predicted molar refractivity (Wildman–Crippen MR) is 68.3 cm³/mol. The highest BCUT2D eigenvalue weighted by Gasteiger charge is 2.06. The van der Waals surface area contributed by atoms with E-state index < -0.39 is 0 Å². The van der Waals surface area contributed by atoms with Crippen molar-refractivity contribution in [2.45, 2.75) is 11.9 Å². The van der Waals surface area contributed by atoms with E-state index in [2.05, 4.69) is 10.2 Å². The van der Waals surface area contributed by atoms with E-state index in [1.807, 2.05) is 49.4 Å². The molecular formula is C13H12N2OS. The highest BCUT2D eigenvalue weighted by molar-refractivity contribution is 7.99. The van der Waals surface area contributed by atoms with Crippen molar-refractivity contribution in [2.75, 3.05) is 5.75 Å². The van der Waals surface area contributed by atoms with Crippen LogP contribution < -0.4 is 0 Å². The Hall–Kier alpha value is -1.68. The molecule has 1 aromatic heterocycles. The van der Waals surface area contributed by atoms with Crippen molar-refractivity contribution in [2.24, 2.45) is 0 Å². The second kappa shape index (κ2) is 5.59. The Kier molecular flexibility index (Phi) is 3.88. The van der Waals surface area contributed by atoms with Crippen molar-refractivity contribution in [3.05, 3.63) is 53.7 Å². The number of carbonyl (C=O) groups excluding carboxylic acids is 1. The van der Waals surface area contributed by atoms with Gasteiger partial charge in [-0.25, -0.2) is 0 Å². The molecule has 0 aliphatic carbocycles. The molecule has 0 unspecified atom stereocenters. The first-order valence-corrected chi connectivity index (χ1v) is 6.25. The quantitative estimate of drug-likeness (QED) is 0.612. The van der Waals surface area contributed by atoms with Crippen LogP contribution in [0.25, 0.3) is 0 Å². The summed E-state index contributed by atoms with van der Waals surface area (Å²) in [6.07, 6.45) is 0. The van der Waals surface area contributed by atoms with Crippen molar-refractivity contribution in [3.63, 3.8) is 0 Å². The Morgan fingerprint density at radius 1 is 1.12 bits per heavy atom. The number of aromatic nitrogens is 2. The molecule has 0 fully saturated rings. The molecular weight excluding hydrogens is 232 g/mol. The standard InChI is InChI=1S/C13H12N2OS/c1-10-7-8-13(15-14-10)17-9-12(16)11-5-3-2-4-6-11/h2-8H,9H2,1H3. The van der Waals surface area contributed by atoms with Crippen LogP contribution in [0.5, 0.6) is 0 Å². The fourth-order valence-electron chi connectivity index (χ4n) is 1.31. The van der Waals surface area contributed by atoms with Gasteiger partial charge < -0.3 is 0 Å². The van der Waals surface area contributed by atoms with Crippen LogP contribution in [-0.4, -0.2) is 21.7 Å². The fraction of sp³-hybridized carbons (Fsp3) is 0.154. The molecule has 0 amide bonds. The minimum absolute atomic E-state index is 0.109. The van der Waals surface area contributed by atoms with Gasteiger partial charge in [0, 0.05) is 5.56 Å². The van der Waals surface area contributed by atoms with Crippen LogP contribution in [0.3, 0.4) is 0 Å². The van der Waals surface area contributed by atoms with Crippen LogP contribution in [0.2, 0.25) is 0 Å². The highest BCUT2D eigenvalue weighted by Crippen LogP contribution is 2.15. The Morgan fingerprint density at radius 3 is 2.53 bits per heavy atom. The fourth-order valence-corrected chi connectivity index (χ4v) is 2.02. The molecule has 0 radical (unpaired) electrons. The number of hydrogen-bond acceptors (Lipinski definition) is 4. The molecule has 17 heavy (non-hydrogen) atoms. The van der Waals surface area contributed by atoms with Crippen LogP contribution >= 0.6 is 11.8 Å². The summed E-state index contributed by atoms with van der Waals surface area (Å²) in [5.74, 6) is 0.500. The molecule has 0 saturated heterocycles. The minimum Gasteiger partial charge on any atom is -0.293 e. The zero-order chi connectivity index (χ0) is 12.1. The second-order valence-corrected chi connectivity index (χ2v) is 4.59. The van der Waals surface area contributed by atoms with E-state index >= 15 is 0 Å². The largest absolute Gasteiger partial charge is 0.293 e. The van der Waals surface area contributed by atoms with Gasteiger partial charge >= 0.3 is 0 Å². The third kappa shape index (κ3) is 3.39. The van der Waals surface area contributed by atoms with Crippen LogP contribution in [0.4, 0.5) is 0 Å². The normalized spacial score (nSPS) is 10.2. The molecule has 1 aromatic carbocycles. The van der Waals surface area contributed by atoms with E-state index in [0.717, 1.165) is 16.3 Å². The van der Waals surface area contributed by atoms with Crippen molar-refractivity contribution in [1.29, 1.82) is 0 Å². The van der Waals surface area contributed by atoms with E-state index in [-0.39, 0.29) is 5.78 Å². The first kappa shape index (κ1) is 11.8. The first-order chi connectivity index (χ1) is 8.25. The molecule has 1 heterocycles. The minimum atomic E-state index is 0.109. The lowest BCUT2D eigenvalue weighted by Crippen LogP contribution is -2.02. The van der Waals surface area contributed by atoms with Gasteiger partial charge in [0.25, 0.3) is 0 Å². The third-order valence-electron chi connectivity index (χ3n) is 2.22. The maximum absolute atomic E-state index is 11.8. The number of thioether (sulfide) groups is 1. The number of Topliss-reactive ketones (excluding diaryl/α,β-unsaturated/α-hetero) is 1. The van der Waals surface area contributed by atoms with Gasteiger partial charge in [-0.3, -0.25) is 4.79 Å². The number of rotatable bonds is 4. The molecule has 0 atom stereocenters. The molecule has 0 saturated carbocycles. The van der Waals surface area contributed by atoms with Gasteiger partial charge in [-0.15, -0.1) is 5.10 Å². The molecule has 86 valence electrons. The lowest BCUT2D eigenvalue weighted by Gasteiger charge is -2.00. The summed E-state index contributed by atoms with van der Waals surface area (Å²) in [5, 5.41) is 8.73. The topological polar surface area (TPSA) is 42.9 Å². The molecule has 0 N–H and O–H groups in total. The van der Waals surface area contributed by atoms with Crippen LogP contribution in [0.15, 0.2) is 47.5 Å². The van der Waals surface area contributed by atoms with Gasteiger partial charge in [0.2, 0.25) is 0 Å². The van der Waals surface area contributed by atoms with Crippen molar-refractivity contribution in [1.82, 2.24) is 10.2 Å².